The molecule has 0 radical (unpaired) electrons. The van der Waals surface area contributed by atoms with Gasteiger partial charge in [0, 0.05) is 36.6 Å². The summed E-state index contributed by atoms with van der Waals surface area (Å²) in [6, 6.07) is 4.13. The number of hydrogen-bond donors (Lipinski definition) is 1. The fourth-order valence-electron chi connectivity index (χ4n) is 3.00. The van der Waals surface area contributed by atoms with E-state index in [1.807, 2.05) is 4.90 Å². The van der Waals surface area contributed by atoms with Crippen molar-refractivity contribution in [2.75, 3.05) is 26.2 Å². The Morgan fingerprint density at radius 1 is 1.08 bits per heavy atom. The maximum atomic E-state index is 14.8. The van der Waals surface area contributed by atoms with E-state index in [4.69, 9.17) is 23.2 Å². The van der Waals surface area contributed by atoms with E-state index < -0.39 is 29.2 Å². The van der Waals surface area contributed by atoms with Crippen molar-refractivity contribution in [3.63, 3.8) is 0 Å². The molecule has 0 aliphatic carbocycles. The van der Waals surface area contributed by atoms with Crippen LogP contribution >= 0.6 is 46.9 Å². The number of halogens is 7. The molecule has 0 amide bonds. The van der Waals surface area contributed by atoms with Crippen LogP contribution in [0.1, 0.15) is 22.0 Å². The van der Waals surface area contributed by atoms with Gasteiger partial charge in [-0.1, -0.05) is 23.2 Å². The molecule has 1 fully saturated rings. The first-order valence-electron chi connectivity index (χ1n) is 7.54. The van der Waals surface area contributed by atoms with Gasteiger partial charge in [0.15, 0.2) is 0 Å². The minimum atomic E-state index is -4.69. The van der Waals surface area contributed by atoms with E-state index in [9.17, 15) is 17.6 Å². The van der Waals surface area contributed by atoms with Gasteiger partial charge in [-0.25, -0.2) is 4.39 Å². The third-order valence-corrected chi connectivity index (χ3v) is 5.67. The summed E-state index contributed by atoms with van der Waals surface area (Å²) in [5.74, 6) is -1.04. The van der Waals surface area contributed by atoms with E-state index >= 15 is 0 Å². The van der Waals surface area contributed by atoms with Gasteiger partial charge in [-0.3, -0.25) is 4.90 Å². The normalized spacial score (nSPS) is 17.0. The van der Waals surface area contributed by atoms with Crippen molar-refractivity contribution in [3.8, 4) is 0 Å². The number of thiophene rings is 1. The summed E-state index contributed by atoms with van der Waals surface area (Å²) in [6.07, 6.45) is -4.69. The van der Waals surface area contributed by atoms with E-state index in [0.717, 1.165) is 23.5 Å². The number of rotatable bonds is 3. The maximum absolute atomic E-state index is 14.8. The number of nitrogens with one attached hydrogen (secondary N) is 1. The summed E-state index contributed by atoms with van der Waals surface area (Å²) in [7, 11) is 0. The molecule has 0 bridgehead atoms. The topological polar surface area (TPSA) is 15.3 Å². The Kier molecular flexibility index (Phi) is 7.21. The molecule has 2 heterocycles. The Morgan fingerprint density at radius 3 is 2.27 bits per heavy atom. The van der Waals surface area contributed by atoms with Crippen LogP contribution in [-0.4, -0.2) is 31.1 Å². The van der Waals surface area contributed by atoms with Crippen LogP contribution in [0, 0.1) is 5.82 Å². The Balaban J connectivity index is 0.00000243. The molecule has 3 rings (SSSR count). The highest BCUT2D eigenvalue weighted by Crippen LogP contribution is 2.44. The summed E-state index contributed by atoms with van der Waals surface area (Å²) in [5, 5.41) is 2.81. The molecule has 0 unspecified atom stereocenters. The minimum absolute atomic E-state index is 0. The fraction of sp³-hybridized carbons (Fsp3) is 0.375. The van der Waals surface area contributed by atoms with Crippen LogP contribution in [-0.2, 0) is 6.18 Å². The lowest BCUT2D eigenvalue weighted by Crippen LogP contribution is -2.45. The maximum Gasteiger partial charge on any atom is 0.416 e. The van der Waals surface area contributed by atoms with Gasteiger partial charge in [0.05, 0.1) is 21.0 Å². The van der Waals surface area contributed by atoms with Crippen molar-refractivity contribution in [1.82, 2.24) is 10.2 Å². The van der Waals surface area contributed by atoms with Crippen molar-refractivity contribution in [1.29, 1.82) is 0 Å². The van der Waals surface area contributed by atoms with Gasteiger partial charge in [0.1, 0.15) is 5.82 Å². The molecule has 2 nitrogen and oxygen atoms in total. The van der Waals surface area contributed by atoms with Gasteiger partial charge in [0.25, 0.3) is 0 Å². The molecule has 1 saturated heterocycles. The molecule has 2 aromatic rings. The van der Waals surface area contributed by atoms with Crippen molar-refractivity contribution in [2.24, 2.45) is 0 Å². The predicted octanol–water partition coefficient (Wildman–Crippen LogP) is 5.63. The molecular weight excluding hydrogens is 435 g/mol. The molecule has 10 heteroatoms. The number of benzene rings is 1. The SMILES string of the molecule is Cl.Fc1c(Cl)ccc(C(F)(F)F)c1[C@@H](c1ccc(Cl)s1)N1CCNCC1. The average molecular weight is 450 g/mol. The largest absolute Gasteiger partial charge is 0.416 e. The second-order valence-corrected chi connectivity index (χ2v) is 7.80. The predicted molar refractivity (Wildman–Crippen MR) is 99.3 cm³/mol. The van der Waals surface area contributed by atoms with Gasteiger partial charge in [-0.2, -0.15) is 13.2 Å². The molecule has 1 aromatic carbocycles. The molecule has 0 saturated carbocycles. The first kappa shape index (κ1) is 21.7. The second kappa shape index (κ2) is 8.63. The number of nitrogens with zero attached hydrogens (tertiary/aromatic N) is 1. The van der Waals surface area contributed by atoms with Gasteiger partial charge in [-0.15, -0.1) is 23.7 Å². The zero-order valence-corrected chi connectivity index (χ0v) is 16.4. The van der Waals surface area contributed by atoms with Crippen molar-refractivity contribution in [2.45, 2.75) is 12.2 Å². The van der Waals surface area contributed by atoms with Crippen LogP contribution in [0.2, 0.25) is 9.36 Å². The quantitative estimate of drug-likeness (QED) is 0.611. The van der Waals surface area contributed by atoms with E-state index in [1.54, 1.807) is 12.1 Å². The van der Waals surface area contributed by atoms with Crippen molar-refractivity contribution >= 4 is 46.9 Å². The van der Waals surface area contributed by atoms with Gasteiger partial charge in [0.2, 0.25) is 0 Å². The molecule has 144 valence electrons. The van der Waals surface area contributed by atoms with Crippen LogP contribution in [0.15, 0.2) is 24.3 Å². The minimum Gasteiger partial charge on any atom is -0.314 e. The summed E-state index contributed by atoms with van der Waals surface area (Å²) >= 11 is 12.9. The molecule has 1 aromatic heterocycles. The molecule has 1 atom stereocenters. The Bertz CT molecular complexity index is 760. The Morgan fingerprint density at radius 2 is 1.73 bits per heavy atom. The molecule has 0 spiro atoms. The van der Waals surface area contributed by atoms with Crippen LogP contribution in [0.3, 0.4) is 0 Å². The van der Waals surface area contributed by atoms with Crippen molar-refractivity contribution in [3.05, 3.63) is 55.4 Å². The standard InChI is InChI=1S/C16H14Cl2F4N2S.ClH/c17-10-2-1-9(16(20,21)22)13(14(10)19)15(11-3-4-12(18)25-11)24-7-5-23-6-8-24;/h1-4,15,23H,5-8H2;1H/t15-;/m1./s1. The zero-order chi connectivity index (χ0) is 18.2. The number of piperazine rings is 1. The highest BCUT2D eigenvalue weighted by molar-refractivity contribution is 7.16. The van der Waals surface area contributed by atoms with Crippen molar-refractivity contribution < 1.29 is 17.6 Å². The number of alkyl halides is 3. The highest BCUT2D eigenvalue weighted by atomic mass is 35.5. The van der Waals surface area contributed by atoms with Gasteiger partial charge in [-0.05, 0) is 24.3 Å². The third-order valence-electron chi connectivity index (χ3n) is 4.09. The van der Waals surface area contributed by atoms with E-state index in [1.165, 1.54) is 0 Å². The lowest BCUT2D eigenvalue weighted by Gasteiger charge is -2.36. The second-order valence-electron chi connectivity index (χ2n) is 5.65. The van der Waals surface area contributed by atoms with Gasteiger partial charge >= 0.3 is 6.18 Å². The van der Waals surface area contributed by atoms with E-state index in [-0.39, 0.29) is 17.4 Å². The summed E-state index contributed by atoms with van der Waals surface area (Å²) in [5.41, 5.74) is -1.46. The first-order valence-corrected chi connectivity index (χ1v) is 9.11. The van der Waals surface area contributed by atoms with Crippen LogP contribution in [0.4, 0.5) is 17.6 Å². The summed E-state index contributed by atoms with van der Waals surface area (Å²) < 4.78 is 55.9. The van der Waals surface area contributed by atoms with Crippen LogP contribution in [0.25, 0.3) is 0 Å². The third kappa shape index (κ3) is 4.46. The van der Waals surface area contributed by atoms with E-state index in [0.29, 0.717) is 35.4 Å². The summed E-state index contributed by atoms with van der Waals surface area (Å²) in [4.78, 5) is 2.38. The Labute approximate surface area is 168 Å². The van der Waals surface area contributed by atoms with Gasteiger partial charge < -0.3 is 5.32 Å². The molecule has 26 heavy (non-hydrogen) atoms. The zero-order valence-electron chi connectivity index (χ0n) is 13.2. The summed E-state index contributed by atoms with van der Waals surface area (Å²) in [6.45, 7) is 2.20. The average Bonchev–Trinajstić information content (AvgIpc) is 2.98. The Hall–Kier alpha value is -0.570. The van der Waals surface area contributed by atoms with Crippen LogP contribution in [0.5, 0.6) is 0 Å². The molecular formula is C16H15Cl3F4N2S. The first-order chi connectivity index (χ1) is 11.8. The highest BCUT2D eigenvalue weighted by Gasteiger charge is 2.40. The lowest BCUT2D eigenvalue weighted by atomic mass is 9.96. The van der Waals surface area contributed by atoms with Crippen LogP contribution < -0.4 is 5.32 Å². The fourth-order valence-corrected chi connectivity index (χ4v) is 4.37. The smallest absolute Gasteiger partial charge is 0.314 e. The monoisotopic (exact) mass is 448 g/mol. The molecule has 1 aliphatic heterocycles. The lowest BCUT2D eigenvalue weighted by molar-refractivity contribution is -0.138. The number of hydrogen-bond acceptors (Lipinski definition) is 3. The molecule has 1 N–H and O–H groups in total. The van der Waals surface area contributed by atoms with E-state index in [2.05, 4.69) is 5.32 Å². The molecule has 1 aliphatic rings.